The molecule has 0 aliphatic rings. The third-order valence-electron chi connectivity index (χ3n) is 9.62. The van der Waals surface area contributed by atoms with Gasteiger partial charge in [-0.3, -0.25) is 0 Å². The summed E-state index contributed by atoms with van der Waals surface area (Å²) < 4.78 is 2.18. The number of hydrogen-bond donors (Lipinski definition) is 0. The lowest BCUT2D eigenvalue weighted by atomic mass is 9.85. The lowest BCUT2D eigenvalue weighted by Gasteiger charge is -2.18. The number of nitrogens with zero attached hydrogens (tertiary/aromatic N) is 3. The van der Waals surface area contributed by atoms with Gasteiger partial charge in [-0.1, -0.05) is 121 Å². The Bertz CT molecular complexity index is 2740. The van der Waals surface area contributed by atoms with Gasteiger partial charge in [0.2, 0.25) is 0 Å². The fourth-order valence-corrected chi connectivity index (χ4v) is 7.54. The molecule has 0 unspecified atom stereocenters. The van der Waals surface area contributed by atoms with Crippen molar-refractivity contribution in [2.75, 3.05) is 0 Å². The van der Waals surface area contributed by atoms with Crippen LogP contribution in [-0.2, 0) is 0 Å². The molecule has 49 heavy (non-hydrogen) atoms. The maximum Gasteiger partial charge on any atom is 0.101 e. The molecular weight excluding hydrogens is 595 g/mol. The first-order valence-corrected chi connectivity index (χ1v) is 16.3. The highest BCUT2D eigenvalue weighted by atomic mass is 15.0. The zero-order chi connectivity index (χ0) is 32.9. The second kappa shape index (κ2) is 11.4. The van der Waals surface area contributed by atoms with E-state index < -0.39 is 0 Å². The van der Waals surface area contributed by atoms with E-state index in [4.69, 9.17) is 0 Å². The molecule has 0 saturated heterocycles. The van der Waals surface area contributed by atoms with Crippen molar-refractivity contribution >= 4 is 43.4 Å². The van der Waals surface area contributed by atoms with Crippen molar-refractivity contribution in [1.29, 1.82) is 10.5 Å². The van der Waals surface area contributed by atoms with Crippen LogP contribution in [0.2, 0.25) is 0 Å². The number of fused-ring (bicyclic) bond motifs is 5. The van der Waals surface area contributed by atoms with Gasteiger partial charge in [0, 0.05) is 10.8 Å². The van der Waals surface area contributed by atoms with Gasteiger partial charge in [-0.2, -0.15) is 10.5 Å². The predicted molar refractivity (Wildman–Crippen MR) is 202 cm³/mol. The van der Waals surface area contributed by atoms with Crippen molar-refractivity contribution in [2.45, 2.75) is 0 Å². The zero-order valence-corrected chi connectivity index (χ0v) is 26.4. The lowest BCUT2D eigenvalue weighted by Crippen LogP contribution is -1.98. The Hall–Kier alpha value is -6.94. The van der Waals surface area contributed by atoms with Gasteiger partial charge in [-0.05, 0) is 97.4 Å². The van der Waals surface area contributed by atoms with Gasteiger partial charge in [0.05, 0.1) is 33.9 Å². The molecule has 0 atom stereocenters. The number of nitriles is 2. The van der Waals surface area contributed by atoms with E-state index >= 15 is 0 Å². The summed E-state index contributed by atoms with van der Waals surface area (Å²) in [5, 5.41) is 27.6. The standard InChI is InChI=1S/C46H27N3/c47-28-30-24-33(32-22-23-42(35(26-32)29-48)49-43-20-10-8-14-36(43)37-15-9-11-21-44(37)49)27-34(25-30)46-40-18-6-4-16-38(40)45(31-12-2-1-3-13-31)39-17-5-7-19-41(39)46/h1-27H. The summed E-state index contributed by atoms with van der Waals surface area (Å²) in [6.07, 6.45) is 0. The average Bonchev–Trinajstić information content (AvgIpc) is 3.51. The highest BCUT2D eigenvalue weighted by Crippen LogP contribution is 2.44. The van der Waals surface area contributed by atoms with Gasteiger partial charge in [0.25, 0.3) is 0 Å². The summed E-state index contributed by atoms with van der Waals surface area (Å²) >= 11 is 0. The summed E-state index contributed by atoms with van der Waals surface area (Å²) in [6.45, 7) is 0. The van der Waals surface area contributed by atoms with Gasteiger partial charge in [0.15, 0.2) is 0 Å². The molecule has 0 bridgehead atoms. The molecule has 3 nitrogen and oxygen atoms in total. The van der Waals surface area contributed by atoms with Crippen LogP contribution in [-0.4, -0.2) is 4.57 Å². The van der Waals surface area contributed by atoms with Crippen molar-refractivity contribution in [2.24, 2.45) is 0 Å². The van der Waals surface area contributed by atoms with Crippen molar-refractivity contribution in [3.63, 3.8) is 0 Å². The lowest BCUT2D eigenvalue weighted by molar-refractivity contribution is 1.17. The molecule has 0 fully saturated rings. The van der Waals surface area contributed by atoms with E-state index in [0.717, 1.165) is 71.3 Å². The Morgan fingerprint density at radius 3 is 1.41 bits per heavy atom. The molecule has 1 aromatic heterocycles. The Labute approximate surface area is 283 Å². The van der Waals surface area contributed by atoms with Crippen LogP contribution in [0.15, 0.2) is 164 Å². The Morgan fingerprint density at radius 1 is 0.367 bits per heavy atom. The minimum Gasteiger partial charge on any atom is -0.308 e. The van der Waals surface area contributed by atoms with Gasteiger partial charge >= 0.3 is 0 Å². The van der Waals surface area contributed by atoms with Crippen LogP contribution in [0.4, 0.5) is 0 Å². The van der Waals surface area contributed by atoms with Crippen molar-refractivity contribution in [3.8, 4) is 51.2 Å². The van der Waals surface area contributed by atoms with Crippen LogP contribution in [0, 0.1) is 22.7 Å². The Kier molecular flexibility index (Phi) is 6.58. The fourth-order valence-electron chi connectivity index (χ4n) is 7.54. The second-order valence-electron chi connectivity index (χ2n) is 12.3. The van der Waals surface area contributed by atoms with E-state index in [1.54, 1.807) is 0 Å². The van der Waals surface area contributed by atoms with Crippen LogP contribution >= 0.6 is 0 Å². The minimum atomic E-state index is 0.566. The Morgan fingerprint density at radius 2 is 0.857 bits per heavy atom. The molecule has 226 valence electrons. The van der Waals surface area contributed by atoms with Gasteiger partial charge in [0.1, 0.15) is 6.07 Å². The van der Waals surface area contributed by atoms with Crippen LogP contribution in [0.5, 0.6) is 0 Å². The van der Waals surface area contributed by atoms with E-state index in [1.807, 2.05) is 42.5 Å². The minimum absolute atomic E-state index is 0.566. The van der Waals surface area contributed by atoms with Crippen LogP contribution in [0.25, 0.3) is 82.4 Å². The highest BCUT2D eigenvalue weighted by molar-refractivity contribution is 6.21. The maximum atomic E-state index is 10.5. The zero-order valence-electron chi connectivity index (χ0n) is 26.4. The van der Waals surface area contributed by atoms with Crippen LogP contribution in [0.1, 0.15) is 11.1 Å². The third kappa shape index (κ3) is 4.49. The van der Waals surface area contributed by atoms with Crippen molar-refractivity contribution < 1.29 is 0 Å². The number of rotatable bonds is 4. The van der Waals surface area contributed by atoms with Gasteiger partial charge in [-0.25, -0.2) is 0 Å². The largest absolute Gasteiger partial charge is 0.308 e. The number of aromatic nitrogens is 1. The fraction of sp³-hybridized carbons (Fsp3) is 0. The van der Waals surface area contributed by atoms with Crippen molar-refractivity contribution in [1.82, 2.24) is 4.57 Å². The van der Waals surface area contributed by atoms with E-state index in [-0.39, 0.29) is 0 Å². The summed E-state index contributed by atoms with van der Waals surface area (Å²) in [5.74, 6) is 0. The van der Waals surface area contributed by atoms with E-state index in [1.165, 1.54) is 11.1 Å². The van der Waals surface area contributed by atoms with Crippen LogP contribution in [0.3, 0.4) is 0 Å². The molecule has 9 aromatic rings. The quantitative estimate of drug-likeness (QED) is 0.184. The molecule has 1 heterocycles. The first-order chi connectivity index (χ1) is 24.2. The van der Waals surface area contributed by atoms with Gasteiger partial charge in [-0.15, -0.1) is 0 Å². The van der Waals surface area contributed by atoms with Crippen molar-refractivity contribution in [3.05, 3.63) is 175 Å². The molecule has 0 amide bonds. The molecular formula is C46H27N3. The molecule has 0 aliphatic heterocycles. The SMILES string of the molecule is N#Cc1cc(-c2ccc(-n3c4ccccc4c4ccccc43)c(C#N)c2)cc(-c2c3ccccc3c(-c3ccccc3)c3ccccc23)c1. The summed E-state index contributed by atoms with van der Waals surface area (Å²) in [7, 11) is 0. The Balaban J connectivity index is 1.27. The first kappa shape index (κ1) is 28.3. The van der Waals surface area contributed by atoms with E-state index in [0.29, 0.717) is 11.1 Å². The monoisotopic (exact) mass is 621 g/mol. The van der Waals surface area contributed by atoms with E-state index in [9.17, 15) is 10.5 Å². The smallest absolute Gasteiger partial charge is 0.101 e. The number of hydrogen-bond acceptors (Lipinski definition) is 2. The second-order valence-corrected chi connectivity index (χ2v) is 12.3. The predicted octanol–water partition coefficient (Wildman–Crippen LogP) is 11.8. The molecule has 0 saturated carbocycles. The third-order valence-corrected chi connectivity index (χ3v) is 9.62. The highest BCUT2D eigenvalue weighted by Gasteiger charge is 2.19. The molecule has 8 aromatic carbocycles. The molecule has 0 radical (unpaired) electrons. The number of benzene rings is 8. The molecule has 0 spiro atoms. The first-order valence-electron chi connectivity index (χ1n) is 16.3. The summed E-state index contributed by atoms with van der Waals surface area (Å²) in [5.41, 5.74) is 10.3. The topological polar surface area (TPSA) is 52.5 Å². The summed E-state index contributed by atoms with van der Waals surface area (Å²) in [4.78, 5) is 0. The summed E-state index contributed by atoms with van der Waals surface area (Å²) in [6, 6.07) is 61.3. The maximum absolute atomic E-state index is 10.5. The normalized spacial score (nSPS) is 11.2. The molecule has 9 rings (SSSR count). The molecule has 3 heteroatoms. The molecule has 0 aliphatic carbocycles. The molecule has 0 N–H and O–H groups in total. The van der Waals surface area contributed by atoms with E-state index in [2.05, 4.69) is 138 Å². The average molecular weight is 622 g/mol. The number of para-hydroxylation sites is 2. The van der Waals surface area contributed by atoms with Crippen LogP contribution < -0.4 is 0 Å². The van der Waals surface area contributed by atoms with Gasteiger partial charge < -0.3 is 4.57 Å².